The fraction of sp³-hybridized carbons (Fsp3) is 0.0500. The lowest BCUT2D eigenvalue weighted by Crippen LogP contribution is -2.17. The first-order valence-corrected chi connectivity index (χ1v) is 13.3. The van der Waals surface area contributed by atoms with E-state index in [0.717, 1.165) is 11.5 Å². The van der Waals surface area contributed by atoms with Gasteiger partial charge in [-0.15, -0.1) is 0 Å². The average Bonchev–Trinajstić information content (AvgIpc) is 3.03. The molecular weight excluding hydrogens is 510 g/mol. The Kier molecular flexibility index (Phi) is 5.86. The van der Waals surface area contributed by atoms with Gasteiger partial charge in [-0.3, -0.25) is 18.2 Å². The summed E-state index contributed by atoms with van der Waals surface area (Å²) in [6, 6.07) is 12.9. The summed E-state index contributed by atoms with van der Waals surface area (Å²) in [5.74, 6) is -0.105. The van der Waals surface area contributed by atoms with Crippen LogP contribution in [-0.2, 0) is 27.1 Å². The highest BCUT2D eigenvalue weighted by Gasteiger charge is 2.21. The first-order chi connectivity index (χ1) is 15.5. The van der Waals surface area contributed by atoms with E-state index >= 15 is 0 Å². The minimum absolute atomic E-state index is 0.0661. The quantitative estimate of drug-likeness (QED) is 0.352. The Balaban J connectivity index is 1.71. The molecule has 9 nitrogen and oxygen atoms in total. The number of rotatable bonds is 6. The topological polar surface area (TPSA) is 135 Å². The average molecular weight is 526 g/mol. The Morgan fingerprint density at radius 2 is 1.45 bits per heavy atom. The van der Waals surface area contributed by atoms with Gasteiger partial charge in [0.1, 0.15) is 5.75 Å². The molecule has 0 amide bonds. The molecule has 0 aliphatic heterocycles. The largest absolute Gasteiger partial charge is 0.508 e. The number of hydrogen-bond acceptors (Lipinski definition) is 7. The van der Waals surface area contributed by atoms with Gasteiger partial charge in [0.15, 0.2) is 0 Å². The minimum atomic E-state index is -4.20. The second-order valence-corrected chi connectivity index (χ2v) is 11.9. The number of nitrogens with zero attached hydrogens (tertiary/aromatic N) is 1. The molecule has 1 aromatic heterocycles. The smallest absolute Gasteiger partial charge is 0.261 e. The highest BCUT2D eigenvalue weighted by molar-refractivity contribution is 7.93. The van der Waals surface area contributed by atoms with Crippen molar-refractivity contribution >= 4 is 65.5 Å². The molecule has 0 fully saturated rings. The summed E-state index contributed by atoms with van der Waals surface area (Å²) in [4.78, 5) is 11.8. The van der Waals surface area contributed by atoms with Gasteiger partial charge in [-0.1, -0.05) is 11.6 Å². The molecule has 0 radical (unpaired) electrons. The predicted molar refractivity (Wildman–Crippen MR) is 128 cm³/mol. The SMILES string of the molecule is Cn1sc(=O)c2cc(S(=O)(=O)Nc3cc(Cl)ccc3NS(=O)(=O)c3ccc(O)cc3)ccc21. The second kappa shape index (κ2) is 8.37. The van der Waals surface area contributed by atoms with Crippen LogP contribution >= 0.6 is 23.1 Å². The van der Waals surface area contributed by atoms with Crippen LogP contribution in [0.2, 0.25) is 5.02 Å². The molecule has 4 rings (SSSR count). The molecule has 0 bridgehead atoms. The van der Waals surface area contributed by atoms with E-state index < -0.39 is 20.0 Å². The Bertz CT molecular complexity index is 1640. The van der Waals surface area contributed by atoms with E-state index in [0.29, 0.717) is 5.52 Å². The summed E-state index contributed by atoms with van der Waals surface area (Å²) < 4.78 is 57.5. The number of hydrogen-bond donors (Lipinski definition) is 3. The van der Waals surface area contributed by atoms with Gasteiger partial charge in [-0.05, 0) is 72.2 Å². The number of aryl methyl sites for hydroxylation is 1. The summed E-state index contributed by atoms with van der Waals surface area (Å²) in [5, 5.41) is 9.80. The number of nitrogens with one attached hydrogen (secondary N) is 2. The van der Waals surface area contributed by atoms with Crippen molar-refractivity contribution in [1.29, 1.82) is 0 Å². The van der Waals surface area contributed by atoms with Crippen LogP contribution in [0.1, 0.15) is 0 Å². The molecule has 33 heavy (non-hydrogen) atoms. The summed E-state index contributed by atoms with van der Waals surface area (Å²) >= 11 is 6.97. The summed E-state index contributed by atoms with van der Waals surface area (Å²) in [7, 11) is -6.60. The second-order valence-electron chi connectivity index (χ2n) is 6.95. The molecule has 0 aliphatic carbocycles. The molecule has 4 aromatic rings. The van der Waals surface area contributed by atoms with Gasteiger partial charge in [0.2, 0.25) is 0 Å². The zero-order chi connectivity index (χ0) is 24.0. The van der Waals surface area contributed by atoms with Crippen molar-refractivity contribution in [1.82, 2.24) is 3.96 Å². The van der Waals surface area contributed by atoms with Crippen LogP contribution in [0.15, 0.2) is 75.2 Å². The maximum Gasteiger partial charge on any atom is 0.261 e. The van der Waals surface area contributed by atoms with Gasteiger partial charge in [0, 0.05) is 12.1 Å². The van der Waals surface area contributed by atoms with E-state index in [1.54, 1.807) is 11.0 Å². The van der Waals surface area contributed by atoms with Crippen LogP contribution < -0.4 is 14.2 Å². The van der Waals surface area contributed by atoms with Gasteiger partial charge in [0.05, 0.1) is 32.1 Å². The highest BCUT2D eigenvalue weighted by atomic mass is 35.5. The predicted octanol–water partition coefficient (Wildman–Crippen LogP) is 3.56. The molecule has 13 heteroatoms. The van der Waals surface area contributed by atoms with E-state index in [4.69, 9.17) is 11.6 Å². The number of halogens is 1. The molecule has 172 valence electrons. The summed E-state index contributed by atoms with van der Waals surface area (Å²) in [5.41, 5.74) is 0.417. The van der Waals surface area contributed by atoms with Crippen molar-refractivity contribution in [3.8, 4) is 5.75 Å². The molecule has 0 saturated carbocycles. The number of anilines is 2. The van der Waals surface area contributed by atoms with Crippen LogP contribution in [0, 0.1) is 0 Å². The number of benzene rings is 3. The first-order valence-electron chi connectivity index (χ1n) is 9.20. The number of aromatic hydroxyl groups is 1. The normalized spacial score (nSPS) is 12.1. The van der Waals surface area contributed by atoms with Crippen molar-refractivity contribution in [2.75, 3.05) is 9.44 Å². The molecule has 1 heterocycles. The number of aromatic nitrogens is 1. The molecule has 0 saturated heterocycles. The third kappa shape index (κ3) is 4.69. The number of phenols is 1. The molecule has 0 spiro atoms. The highest BCUT2D eigenvalue weighted by Crippen LogP contribution is 2.31. The van der Waals surface area contributed by atoms with Crippen molar-refractivity contribution in [3.05, 3.63) is 75.2 Å². The number of fused-ring (bicyclic) bond motifs is 1. The van der Waals surface area contributed by atoms with Crippen LogP contribution in [0.5, 0.6) is 5.75 Å². The van der Waals surface area contributed by atoms with E-state index in [1.807, 2.05) is 0 Å². The number of sulfonamides is 2. The lowest BCUT2D eigenvalue weighted by molar-refractivity contribution is 0.475. The van der Waals surface area contributed by atoms with Crippen molar-refractivity contribution in [2.24, 2.45) is 7.05 Å². The van der Waals surface area contributed by atoms with Gasteiger partial charge in [-0.25, -0.2) is 16.8 Å². The standard InChI is InChI=1S/C20H16ClN3O6S3/c1-24-19-9-7-15(11-16(19)20(26)31-24)33(29,30)23-18-10-12(21)2-8-17(18)22-32(27,28)14-5-3-13(25)4-6-14/h2-11,22-23,25H,1H3. The molecular formula is C20H16ClN3O6S3. The van der Waals surface area contributed by atoms with E-state index in [2.05, 4.69) is 9.44 Å². The summed E-state index contributed by atoms with van der Waals surface area (Å²) in [6.45, 7) is 0. The first kappa shape index (κ1) is 23.1. The molecule has 0 unspecified atom stereocenters. The van der Waals surface area contributed by atoms with Crippen LogP contribution in [-0.4, -0.2) is 25.9 Å². The number of phenolic OH excluding ortho intramolecular Hbond substituents is 1. The van der Waals surface area contributed by atoms with Gasteiger partial charge in [-0.2, -0.15) is 0 Å². The van der Waals surface area contributed by atoms with Gasteiger partial charge >= 0.3 is 0 Å². The van der Waals surface area contributed by atoms with E-state index in [9.17, 15) is 26.7 Å². The fourth-order valence-corrected chi connectivity index (χ4v) is 6.18. The lowest BCUT2D eigenvalue weighted by Gasteiger charge is -2.15. The molecule has 3 N–H and O–H groups in total. The molecule has 0 aliphatic rings. The van der Waals surface area contributed by atoms with Crippen LogP contribution in [0.3, 0.4) is 0 Å². The Hall–Kier alpha value is -3.06. The summed E-state index contributed by atoms with van der Waals surface area (Å²) in [6.07, 6.45) is 0. The maximum atomic E-state index is 13.0. The van der Waals surface area contributed by atoms with Crippen molar-refractivity contribution < 1.29 is 21.9 Å². The Morgan fingerprint density at radius 3 is 2.15 bits per heavy atom. The Morgan fingerprint density at radius 1 is 0.848 bits per heavy atom. The maximum absolute atomic E-state index is 13.0. The van der Waals surface area contributed by atoms with Crippen molar-refractivity contribution in [3.63, 3.8) is 0 Å². The van der Waals surface area contributed by atoms with E-state index in [-0.39, 0.29) is 42.1 Å². The van der Waals surface area contributed by atoms with Gasteiger partial charge < -0.3 is 5.11 Å². The molecule has 3 aromatic carbocycles. The van der Waals surface area contributed by atoms with Crippen LogP contribution in [0.4, 0.5) is 11.4 Å². The Labute approximate surface area is 198 Å². The fourth-order valence-electron chi connectivity index (χ4n) is 3.07. The minimum Gasteiger partial charge on any atom is -0.508 e. The zero-order valence-electron chi connectivity index (χ0n) is 16.8. The van der Waals surface area contributed by atoms with Gasteiger partial charge in [0.25, 0.3) is 24.8 Å². The monoisotopic (exact) mass is 525 g/mol. The van der Waals surface area contributed by atoms with Crippen molar-refractivity contribution in [2.45, 2.75) is 9.79 Å². The van der Waals surface area contributed by atoms with Crippen LogP contribution in [0.25, 0.3) is 10.9 Å². The zero-order valence-corrected chi connectivity index (χ0v) is 20.0. The molecule has 0 atom stereocenters. The third-order valence-corrected chi connectivity index (χ3v) is 8.51. The third-order valence-electron chi connectivity index (χ3n) is 4.67. The lowest BCUT2D eigenvalue weighted by atomic mass is 10.2. The van der Waals surface area contributed by atoms with E-state index in [1.165, 1.54) is 60.7 Å².